The van der Waals surface area contributed by atoms with Crippen LogP contribution in [0, 0.1) is 5.92 Å². The van der Waals surface area contributed by atoms with E-state index < -0.39 is 0 Å². The van der Waals surface area contributed by atoms with Crippen molar-refractivity contribution in [3.05, 3.63) is 12.2 Å². The van der Waals surface area contributed by atoms with Gasteiger partial charge in [0.15, 0.2) is 0 Å². The second kappa shape index (κ2) is 9.87. The fourth-order valence-electron chi connectivity index (χ4n) is 1.05. The predicted octanol–water partition coefficient (Wildman–Crippen LogP) is 2.80. The van der Waals surface area contributed by atoms with Gasteiger partial charge in [0, 0.05) is 13.1 Å². The lowest BCUT2D eigenvalue weighted by atomic mass is 10.00. The molecule has 3 amide bonds. The van der Waals surface area contributed by atoms with Crippen LogP contribution in [0.5, 0.6) is 0 Å². The average Bonchev–Trinajstić information content (AvgIpc) is 2.36. The van der Waals surface area contributed by atoms with Gasteiger partial charge in [0.05, 0.1) is 5.92 Å². The Balaban J connectivity index is 0. The normalized spacial score (nSPS) is 23.4. The lowest BCUT2D eigenvalue weighted by Gasteiger charge is -2.33. The smallest absolute Gasteiger partial charge is 0.324 e. The van der Waals surface area contributed by atoms with Crippen LogP contribution in [0.3, 0.4) is 0 Å². The summed E-state index contributed by atoms with van der Waals surface area (Å²) in [6.45, 7) is 11.7. The zero-order chi connectivity index (χ0) is 14.0. The third-order valence-electron chi connectivity index (χ3n) is 2.63. The third-order valence-corrected chi connectivity index (χ3v) is 2.63. The van der Waals surface area contributed by atoms with Crippen molar-refractivity contribution in [1.29, 1.82) is 0 Å². The second-order valence-corrected chi connectivity index (χ2v) is 3.60. The number of amides is 3. The van der Waals surface area contributed by atoms with Gasteiger partial charge in [0.2, 0.25) is 5.91 Å². The van der Waals surface area contributed by atoms with Gasteiger partial charge >= 0.3 is 6.03 Å². The number of carbonyl (C=O) groups is 2. The topological polar surface area (TPSA) is 49.4 Å². The fraction of sp³-hybridized carbons (Fsp3) is 0.692. The van der Waals surface area contributed by atoms with Gasteiger partial charge in [0.1, 0.15) is 0 Å². The summed E-state index contributed by atoms with van der Waals surface area (Å²) in [5.41, 5.74) is 0. The van der Waals surface area contributed by atoms with Crippen LogP contribution >= 0.6 is 0 Å². The molecule has 0 aliphatic carbocycles. The molecule has 1 N–H and O–H groups in total. The summed E-state index contributed by atoms with van der Waals surface area (Å²) in [6.07, 6.45) is 4.00. The SMILES string of the molecule is CC.CC1C(=O)NC(=O)N(C)C1C.CC=CC. The summed E-state index contributed by atoms with van der Waals surface area (Å²) < 4.78 is 0. The first-order valence-electron chi connectivity index (χ1n) is 6.10. The Bertz CT molecular complexity index is 238. The van der Waals surface area contributed by atoms with Crippen molar-refractivity contribution in [1.82, 2.24) is 10.2 Å². The molecule has 2 unspecified atom stereocenters. The standard InChI is InChI=1S/C7H12N2O2.C4H8.C2H6/c1-4-5(2)9(3)7(11)8-6(4)10;1-3-4-2;1-2/h4-5H,1-3H3,(H,8,10,11);3-4H,1-2H3;1-2H3. The maximum Gasteiger partial charge on any atom is 0.324 e. The van der Waals surface area contributed by atoms with Crippen molar-refractivity contribution >= 4 is 11.9 Å². The molecule has 0 spiro atoms. The molecule has 0 aromatic rings. The highest BCUT2D eigenvalue weighted by Gasteiger charge is 2.32. The quantitative estimate of drug-likeness (QED) is 0.664. The molecule has 0 radical (unpaired) electrons. The van der Waals surface area contributed by atoms with E-state index in [9.17, 15) is 9.59 Å². The molecule has 1 saturated heterocycles. The van der Waals surface area contributed by atoms with Gasteiger partial charge in [-0.2, -0.15) is 0 Å². The highest BCUT2D eigenvalue weighted by Crippen LogP contribution is 2.13. The molecule has 1 aliphatic rings. The van der Waals surface area contributed by atoms with Crippen LogP contribution < -0.4 is 5.32 Å². The molecule has 0 aromatic carbocycles. The van der Waals surface area contributed by atoms with Crippen molar-refractivity contribution in [3.8, 4) is 0 Å². The Morgan fingerprint density at radius 3 is 1.88 bits per heavy atom. The Hall–Kier alpha value is -1.32. The molecule has 4 nitrogen and oxygen atoms in total. The summed E-state index contributed by atoms with van der Waals surface area (Å²) in [5.74, 6) is -0.293. The van der Waals surface area contributed by atoms with E-state index >= 15 is 0 Å². The first kappa shape index (κ1) is 18.1. The lowest BCUT2D eigenvalue weighted by molar-refractivity contribution is -0.126. The van der Waals surface area contributed by atoms with Crippen molar-refractivity contribution < 1.29 is 9.59 Å². The molecule has 0 aromatic heterocycles. The van der Waals surface area contributed by atoms with Gasteiger partial charge in [-0.25, -0.2) is 4.79 Å². The number of allylic oxidation sites excluding steroid dienone is 2. The Morgan fingerprint density at radius 2 is 1.53 bits per heavy atom. The molecule has 1 rings (SSSR count). The van der Waals surface area contributed by atoms with E-state index in [1.54, 1.807) is 7.05 Å². The zero-order valence-electron chi connectivity index (χ0n) is 12.1. The number of rotatable bonds is 0. The van der Waals surface area contributed by atoms with Crippen LogP contribution in [-0.2, 0) is 4.79 Å². The molecule has 100 valence electrons. The van der Waals surface area contributed by atoms with Gasteiger partial charge in [0.25, 0.3) is 0 Å². The van der Waals surface area contributed by atoms with Crippen LogP contribution in [0.15, 0.2) is 12.2 Å². The molecular formula is C13H26N2O2. The predicted molar refractivity (Wildman–Crippen MR) is 71.8 cm³/mol. The summed E-state index contributed by atoms with van der Waals surface area (Å²) in [6, 6.07) is -0.308. The maximum atomic E-state index is 11.0. The van der Waals surface area contributed by atoms with E-state index in [0.29, 0.717) is 0 Å². The summed E-state index contributed by atoms with van der Waals surface area (Å²) in [4.78, 5) is 23.5. The molecule has 1 fully saturated rings. The van der Waals surface area contributed by atoms with Gasteiger partial charge < -0.3 is 4.90 Å². The van der Waals surface area contributed by atoms with Gasteiger partial charge in [-0.05, 0) is 20.8 Å². The fourth-order valence-corrected chi connectivity index (χ4v) is 1.05. The number of hydrogen-bond donors (Lipinski definition) is 1. The number of nitrogens with one attached hydrogen (secondary N) is 1. The summed E-state index contributed by atoms with van der Waals surface area (Å²) >= 11 is 0. The minimum absolute atomic E-state index is 0.00347. The van der Waals surface area contributed by atoms with Crippen molar-refractivity contribution in [2.75, 3.05) is 7.05 Å². The van der Waals surface area contributed by atoms with Gasteiger partial charge in [-0.1, -0.05) is 32.9 Å². The number of carbonyl (C=O) groups excluding carboxylic acids is 2. The molecule has 1 aliphatic heterocycles. The molecule has 0 bridgehead atoms. The van der Waals surface area contributed by atoms with Gasteiger partial charge in [-0.15, -0.1) is 0 Å². The molecular weight excluding hydrogens is 216 g/mol. The molecule has 17 heavy (non-hydrogen) atoms. The first-order valence-corrected chi connectivity index (χ1v) is 6.10. The van der Waals surface area contributed by atoms with E-state index in [1.807, 2.05) is 53.7 Å². The number of imide groups is 1. The third kappa shape index (κ3) is 6.09. The maximum absolute atomic E-state index is 11.0. The average molecular weight is 242 g/mol. The van der Waals surface area contributed by atoms with Crippen molar-refractivity contribution in [2.24, 2.45) is 5.92 Å². The van der Waals surface area contributed by atoms with Crippen molar-refractivity contribution in [3.63, 3.8) is 0 Å². The highest BCUT2D eigenvalue weighted by atomic mass is 16.2. The highest BCUT2D eigenvalue weighted by molar-refractivity contribution is 5.98. The molecule has 4 heteroatoms. The number of urea groups is 1. The monoisotopic (exact) mass is 242 g/mol. The molecule has 0 saturated carbocycles. The van der Waals surface area contributed by atoms with Gasteiger partial charge in [-0.3, -0.25) is 10.1 Å². The van der Waals surface area contributed by atoms with Crippen LogP contribution in [0.25, 0.3) is 0 Å². The van der Waals surface area contributed by atoms with E-state index in [0.717, 1.165) is 0 Å². The second-order valence-electron chi connectivity index (χ2n) is 3.60. The Labute approximate surface area is 105 Å². The largest absolute Gasteiger partial charge is 0.324 e. The summed E-state index contributed by atoms with van der Waals surface area (Å²) in [7, 11) is 1.68. The Kier molecular flexibility index (Phi) is 10.5. The zero-order valence-corrected chi connectivity index (χ0v) is 12.1. The minimum atomic E-state index is -0.305. The molecule has 1 heterocycles. The van der Waals surface area contributed by atoms with Crippen LogP contribution in [0.2, 0.25) is 0 Å². The van der Waals surface area contributed by atoms with Crippen LogP contribution in [0.4, 0.5) is 4.79 Å². The number of hydrogen-bond acceptors (Lipinski definition) is 2. The van der Waals surface area contributed by atoms with E-state index in [1.165, 1.54) is 4.90 Å². The Morgan fingerprint density at radius 1 is 1.12 bits per heavy atom. The first-order chi connectivity index (χ1) is 7.95. The van der Waals surface area contributed by atoms with Crippen LogP contribution in [0.1, 0.15) is 41.5 Å². The number of nitrogens with zero attached hydrogens (tertiary/aromatic N) is 1. The van der Waals surface area contributed by atoms with E-state index in [4.69, 9.17) is 0 Å². The summed E-state index contributed by atoms with van der Waals surface area (Å²) in [5, 5.41) is 2.26. The van der Waals surface area contributed by atoms with Crippen molar-refractivity contribution in [2.45, 2.75) is 47.6 Å². The lowest BCUT2D eigenvalue weighted by Crippen LogP contribution is -2.56. The van der Waals surface area contributed by atoms with E-state index in [2.05, 4.69) is 5.32 Å². The minimum Gasteiger partial charge on any atom is -0.324 e. The molecule has 2 atom stereocenters. The van der Waals surface area contributed by atoms with E-state index in [-0.39, 0.29) is 23.9 Å². The van der Waals surface area contributed by atoms with Crippen LogP contribution in [-0.4, -0.2) is 29.9 Å².